The van der Waals surface area contributed by atoms with E-state index in [9.17, 15) is 17.6 Å². The monoisotopic (exact) mass is 644 g/mol. The van der Waals surface area contributed by atoms with Crippen LogP contribution in [0.1, 0.15) is 52.9 Å². The minimum Gasteiger partial charge on any atom is -0.379 e. The number of rotatable bonds is 9. The van der Waals surface area contributed by atoms with Crippen LogP contribution < -0.4 is 5.32 Å². The Bertz CT molecular complexity index is 1790. The summed E-state index contributed by atoms with van der Waals surface area (Å²) in [6, 6.07) is 21.9. The van der Waals surface area contributed by atoms with E-state index < -0.39 is 16.5 Å². The van der Waals surface area contributed by atoms with Crippen LogP contribution in [0, 0.1) is 0 Å². The molecule has 4 aromatic rings. The minimum absolute atomic E-state index is 0.129. The third-order valence-electron chi connectivity index (χ3n) is 9.24. The van der Waals surface area contributed by atoms with Gasteiger partial charge in [0.15, 0.2) is 9.84 Å². The summed E-state index contributed by atoms with van der Waals surface area (Å²) < 4.78 is 44.3. The number of sulfone groups is 1. The summed E-state index contributed by atoms with van der Waals surface area (Å²) in [5.74, 6) is -0.297. The lowest BCUT2D eigenvalue weighted by molar-refractivity contribution is 0.000226. The van der Waals surface area contributed by atoms with Gasteiger partial charge in [-0.25, -0.2) is 17.8 Å². The zero-order chi connectivity index (χ0) is 32.3. The number of benzene rings is 3. The van der Waals surface area contributed by atoms with E-state index in [2.05, 4.69) is 15.1 Å². The molecule has 1 amide bonds. The Morgan fingerprint density at radius 3 is 2.35 bits per heavy atom. The number of hydrogen-bond donors (Lipinski definition) is 1. The summed E-state index contributed by atoms with van der Waals surface area (Å²) in [5, 5.41) is 3.67. The molecule has 2 fully saturated rings. The third-order valence-corrected chi connectivity index (χ3v) is 10.4. The van der Waals surface area contributed by atoms with Crippen molar-refractivity contribution in [1.29, 1.82) is 0 Å². The molecule has 3 heterocycles. The van der Waals surface area contributed by atoms with Gasteiger partial charge in [-0.1, -0.05) is 54.6 Å². The molecule has 2 aliphatic heterocycles. The van der Waals surface area contributed by atoms with Crippen LogP contribution in [0.15, 0.2) is 77.7 Å². The highest BCUT2D eigenvalue weighted by molar-refractivity contribution is 7.90. The van der Waals surface area contributed by atoms with Crippen molar-refractivity contribution in [3.63, 3.8) is 0 Å². The van der Waals surface area contributed by atoms with Gasteiger partial charge in [0, 0.05) is 48.4 Å². The topological polar surface area (TPSA) is 91.8 Å². The van der Waals surface area contributed by atoms with Gasteiger partial charge in [0.25, 0.3) is 5.91 Å². The van der Waals surface area contributed by atoms with Crippen molar-refractivity contribution >= 4 is 26.6 Å². The lowest BCUT2D eigenvalue weighted by atomic mass is 9.93. The van der Waals surface area contributed by atoms with E-state index in [0.717, 1.165) is 68.9 Å². The number of amides is 1. The summed E-state index contributed by atoms with van der Waals surface area (Å²) in [4.78, 5) is 24.5. The van der Waals surface area contributed by atoms with Crippen molar-refractivity contribution in [3.05, 3.63) is 95.1 Å². The molecule has 3 aromatic carbocycles. The van der Waals surface area contributed by atoms with Crippen LogP contribution in [-0.4, -0.2) is 80.8 Å². The number of pyridine rings is 1. The number of halogens is 1. The molecule has 1 N–H and O–H groups in total. The van der Waals surface area contributed by atoms with Crippen LogP contribution in [0.3, 0.4) is 0 Å². The molecule has 0 radical (unpaired) electrons. The summed E-state index contributed by atoms with van der Waals surface area (Å²) in [6.07, 6.45) is 3.18. The number of carbonyl (C=O) groups is 1. The Kier molecular flexibility index (Phi) is 9.79. The van der Waals surface area contributed by atoms with Crippen molar-refractivity contribution < 1.29 is 22.3 Å². The fraction of sp³-hybridized carbons (Fsp3) is 0.389. The van der Waals surface area contributed by atoms with Gasteiger partial charge in [0.05, 0.1) is 40.9 Å². The fourth-order valence-electron chi connectivity index (χ4n) is 6.62. The maximum atomic E-state index is 14.4. The van der Waals surface area contributed by atoms with Crippen molar-refractivity contribution in [2.24, 2.45) is 0 Å². The molecule has 242 valence electrons. The second kappa shape index (κ2) is 14.0. The molecule has 46 heavy (non-hydrogen) atoms. The lowest BCUT2D eigenvalue weighted by Crippen LogP contribution is -2.48. The quantitative estimate of drug-likeness (QED) is 0.255. The van der Waals surface area contributed by atoms with Gasteiger partial charge in [-0.3, -0.25) is 14.6 Å². The predicted molar refractivity (Wildman–Crippen MR) is 178 cm³/mol. The summed E-state index contributed by atoms with van der Waals surface area (Å²) in [5.41, 5.74) is 4.59. The highest BCUT2D eigenvalue weighted by atomic mass is 32.2. The molecule has 2 aliphatic rings. The number of piperidine rings is 1. The average molecular weight is 645 g/mol. The van der Waals surface area contributed by atoms with Crippen LogP contribution in [0.25, 0.3) is 22.2 Å². The normalized spacial score (nSPS) is 17.6. The van der Waals surface area contributed by atoms with Gasteiger partial charge in [0.1, 0.15) is 6.67 Å². The van der Waals surface area contributed by atoms with Crippen LogP contribution in [0.2, 0.25) is 0 Å². The molecule has 1 atom stereocenters. The maximum Gasteiger partial charge on any atom is 0.252 e. The van der Waals surface area contributed by atoms with Gasteiger partial charge >= 0.3 is 0 Å². The molecule has 0 aliphatic carbocycles. The molecule has 0 saturated carbocycles. The second-order valence-electron chi connectivity index (χ2n) is 12.4. The molecular formula is C36H41FN4O4S. The first-order valence-electron chi connectivity index (χ1n) is 15.9. The van der Waals surface area contributed by atoms with E-state index in [1.807, 2.05) is 49.4 Å². The minimum atomic E-state index is -3.55. The molecule has 1 aromatic heterocycles. The number of nitrogens with one attached hydrogen (secondary N) is 1. The Morgan fingerprint density at radius 2 is 1.70 bits per heavy atom. The Hall–Kier alpha value is -3.70. The van der Waals surface area contributed by atoms with E-state index in [1.54, 1.807) is 24.3 Å². The average Bonchev–Trinajstić information content (AvgIpc) is 3.08. The van der Waals surface area contributed by atoms with Crippen molar-refractivity contribution in [2.75, 3.05) is 45.6 Å². The van der Waals surface area contributed by atoms with Gasteiger partial charge in [-0.15, -0.1) is 0 Å². The van der Waals surface area contributed by atoms with Crippen molar-refractivity contribution in [1.82, 2.24) is 20.1 Å². The number of carbonyl (C=O) groups excluding carboxylic acids is 1. The largest absolute Gasteiger partial charge is 0.379 e. The van der Waals surface area contributed by atoms with Gasteiger partial charge in [-0.2, -0.15) is 0 Å². The van der Waals surface area contributed by atoms with Crippen LogP contribution in [0.5, 0.6) is 0 Å². The number of likely N-dealkylation sites (tertiary alicyclic amines) is 1. The standard InChI is InChI=1S/C36H41FN4O4S/c1-25(27-6-4-3-5-7-27)38-36(42)34-31-22-30(46(2,43)44)12-13-33(31)39-35(28-10-8-26(23-37)9-11-28)32(34)24-40-16-14-29(15-17-40)41-18-20-45-21-19-41/h3-13,22,25,29H,14-21,23-24H2,1-2H3,(H,38,42)/t25-/m0/s1. The number of fused-ring (bicyclic) bond motifs is 1. The predicted octanol–water partition coefficient (Wildman–Crippen LogP) is 5.56. The Labute approximate surface area is 270 Å². The highest BCUT2D eigenvalue weighted by Gasteiger charge is 2.29. The van der Waals surface area contributed by atoms with Crippen LogP contribution in [0.4, 0.5) is 4.39 Å². The summed E-state index contributed by atoms with van der Waals surface area (Å²) in [7, 11) is -3.55. The van der Waals surface area contributed by atoms with E-state index in [-0.39, 0.29) is 16.8 Å². The molecule has 0 unspecified atom stereocenters. The summed E-state index contributed by atoms with van der Waals surface area (Å²) in [6.45, 7) is 6.96. The lowest BCUT2D eigenvalue weighted by Gasteiger charge is -2.40. The fourth-order valence-corrected chi connectivity index (χ4v) is 7.27. The first-order valence-corrected chi connectivity index (χ1v) is 17.8. The molecule has 6 rings (SSSR count). The van der Waals surface area contributed by atoms with Crippen LogP contribution >= 0.6 is 0 Å². The van der Waals surface area contributed by atoms with E-state index in [1.165, 1.54) is 12.3 Å². The number of aromatic nitrogens is 1. The Balaban J connectivity index is 1.45. The SMILES string of the molecule is C[C@H](NC(=O)c1c(CN2CCC(N3CCOCC3)CC2)c(-c2ccc(CF)cc2)nc2ccc(S(C)(=O)=O)cc12)c1ccccc1. The second-order valence-corrected chi connectivity index (χ2v) is 14.4. The number of hydrogen-bond acceptors (Lipinski definition) is 7. The van der Waals surface area contributed by atoms with E-state index >= 15 is 0 Å². The highest BCUT2D eigenvalue weighted by Crippen LogP contribution is 2.34. The third kappa shape index (κ3) is 7.15. The molecule has 8 nitrogen and oxygen atoms in total. The zero-order valence-corrected chi connectivity index (χ0v) is 27.2. The first kappa shape index (κ1) is 32.2. The van der Waals surface area contributed by atoms with E-state index in [4.69, 9.17) is 9.72 Å². The molecule has 2 saturated heterocycles. The summed E-state index contributed by atoms with van der Waals surface area (Å²) >= 11 is 0. The Morgan fingerprint density at radius 1 is 1.00 bits per heavy atom. The smallest absolute Gasteiger partial charge is 0.252 e. The zero-order valence-electron chi connectivity index (χ0n) is 26.4. The van der Waals surface area contributed by atoms with Crippen molar-refractivity contribution in [2.45, 2.75) is 50.0 Å². The number of morpholine rings is 1. The number of nitrogens with zero attached hydrogens (tertiary/aromatic N) is 3. The molecule has 0 spiro atoms. The molecular weight excluding hydrogens is 603 g/mol. The molecule has 0 bridgehead atoms. The van der Waals surface area contributed by atoms with Crippen LogP contribution in [-0.2, 0) is 27.8 Å². The molecule has 10 heteroatoms. The van der Waals surface area contributed by atoms with E-state index in [0.29, 0.717) is 40.3 Å². The van der Waals surface area contributed by atoms with Crippen molar-refractivity contribution in [3.8, 4) is 11.3 Å². The van der Waals surface area contributed by atoms with Gasteiger partial charge < -0.3 is 10.1 Å². The number of alkyl halides is 1. The number of ether oxygens (including phenoxy) is 1. The maximum absolute atomic E-state index is 14.4. The van der Waals surface area contributed by atoms with Gasteiger partial charge in [-0.05, 0) is 62.2 Å². The van der Waals surface area contributed by atoms with Gasteiger partial charge in [0.2, 0.25) is 0 Å². The first-order chi connectivity index (χ1) is 22.2.